The molecule has 0 aliphatic heterocycles. The first kappa shape index (κ1) is 94.5. The van der Waals surface area contributed by atoms with Gasteiger partial charge in [-0.2, -0.15) is 0 Å². The van der Waals surface area contributed by atoms with Gasteiger partial charge < -0.3 is 33.8 Å². The summed E-state index contributed by atoms with van der Waals surface area (Å²) in [7, 11) is -9.92. The van der Waals surface area contributed by atoms with E-state index in [1.54, 1.807) is 0 Å². The number of carbonyl (C=O) groups excluding carboxylic acids is 4. The van der Waals surface area contributed by atoms with Crippen LogP contribution in [0.3, 0.4) is 0 Å². The number of esters is 4. The zero-order valence-corrected chi connectivity index (χ0v) is 64.5. The molecule has 0 saturated carbocycles. The second-order valence-electron chi connectivity index (χ2n) is 27.9. The second-order valence-corrected chi connectivity index (χ2v) is 30.8. The summed E-state index contributed by atoms with van der Waals surface area (Å²) in [5.41, 5.74) is 0. The van der Waals surface area contributed by atoms with Crippen molar-refractivity contribution in [3.63, 3.8) is 0 Å². The quantitative estimate of drug-likeness (QED) is 0.0169. The monoisotopic (exact) mass is 1420 g/mol. The fraction of sp³-hybridized carbons (Fsp3) is 0.897. The lowest BCUT2D eigenvalue weighted by Gasteiger charge is -2.21. The van der Waals surface area contributed by atoms with Gasteiger partial charge in [-0.3, -0.25) is 37.3 Å². The lowest BCUT2D eigenvalue weighted by atomic mass is 10.0. The van der Waals surface area contributed by atoms with Gasteiger partial charge in [-0.15, -0.1) is 0 Å². The molecule has 2 unspecified atom stereocenters. The van der Waals surface area contributed by atoms with Crippen LogP contribution in [0.5, 0.6) is 0 Å². The van der Waals surface area contributed by atoms with Crippen LogP contribution in [-0.2, 0) is 65.4 Å². The van der Waals surface area contributed by atoms with E-state index in [0.717, 1.165) is 115 Å². The van der Waals surface area contributed by atoms with Crippen molar-refractivity contribution in [3.8, 4) is 0 Å². The number of hydrogen-bond acceptors (Lipinski definition) is 15. The number of phosphoric ester groups is 2. The summed E-state index contributed by atoms with van der Waals surface area (Å²) in [5, 5.41) is 10.6. The van der Waals surface area contributed by atoms with Crippen LogP contribution in [0.2, 0.25) is 0 Å². The summed E-state index contributed by atoms with van der Waals surface area (Å²) in [4.78, 5) is 72.8. The van der Waals surface area contributed by atoms with Crippen molar-refractivity contribution in [2.45, 2.75) is 406 Å². The van der Waals surface area contributed by atoms with Crippen molar-refractivity contribution >= 4 is 39.5 Å². The Morgan fingerprint density at radius 1 is 0.320 bits per heavy atom. The Balaban J connectivity index is 5.26. The third-order valence-corrected chi connectivity index (χ3v) is 19.6. The van der Waals surface area contributed by atoms with E-state index in [1.807, 2.05) is 0 Å². The van der Waals surface area contributed by atoms with E-state index >= 15 is 0 Å². The fourth-order valence-electron chi connectivity index (χ4n) is 11.5. The molecule has 19 heteroatoms. The highest BCUT2D eigenvalue weighted by molar-refractivity contribution is 7.47. The molecular weight excluding hydrogens is 1270 g/mol. The smallest absolute Gasteiger partial charge is 0.462 e. The summed E-state index contributed by atoms with van der Waals surface area (Å²) >= 11 is 0. The maximum absolute atomic E-state index is 13.1. The van der Waals surface area contributed by atoms with E-state index < -0.39 is 97.5 Å². The third-order valence-electron chi connectivity index (χ3n) is 17.7. The number of aliphatic hydroxyl groups excluding tert-OH is 1. The number of carbonyl (C=O) groups is 4. The highest BCUT2D eigenvalue weighted by atomic mass is 31.2. The molecule has 0 amide bonds. The first-order valence-corrected chi connectivity index (χ1v) is 42.9. The van der Waals surface area contributed by atoms with Gasteiger partial charge in [0.25, 0.3) is 0 Å². The minimum Gasteiger partial charge on any atom is -0.462 e. The van der Waals surface area contributed by atoms with Gasteiger partial charge in [0.2, 0.25) is 0 Å². The Hall–Kier alpha value is -2.46. The summed E-state index contributed by atoms with van der Waals surface area (Å²) < 4.78 is 68.5. The molecule has 0 aliphatic rings. The average molecular weight is 1420 g/mol. The van der Waals surface area contributed by atoms with Crippen molar-refractivity contribution < 1.29 is 80.2 Å². The molecule has 0 bridgehead atoms. The summed E-state index contributed by atoms with van der Waals surface area (Å²) in [6.07, 6.45) is 63.1. The molecule has 97 heavy (non-hydrogen) atoms. The van der Waals surface area contributed by atoms with Crippen molar-refractivity contribution in [2.75, 3.05) is 39.6 Å². The van der Waals surface area contributed by atoms with Crippen LogP contribution in [-0.4, -0.2) is 96.7 Å². The van der Waals surface area contributed by atoms with Crippen LogP contribution in [0, 0.1) is 5.92 Å². The van der Waals surface area contributed by atoms with Crippen LogP contribution in [0.1, 0.15) is 388 Å². The third kappa shape index (κ3) is 71.7. The SMILES string of the molecule is CCCCCC/C=C\C=C/CCCCCCCC(=O)OC[C@H](COP(=O)(O)OC[C@@H](O)COP(=O)(O)OC[C@@H](COC(=O)CCCCCCCCCCC)OC(=O)CCCCCCCCCCCCCCCCC)OC(=O)CCCCCCCCCCCCCCCCCC(C)C. The van der Waals surface area contributed by atoms with Gasteiger partial charge in [-0.1, -0.05) is 335 Å². The molecule has 0 spiro atoms. The number of aliphatic hydroxyl groups is 1. The zero-order valence-electron chi connectivity index (χ0n) is 62.7. The van der Waals surface area contributed by atoms with E-state index in [-0.39, 0.29) is 25.7 Å². The number of ether oxygens (including phenoxy) is 4. The van der Waals surface area contributed by atoms with Gasteiger partial charge in [0, 0.05) is 25.7 Å². The molecule has 0 aliphatic carbocycles. The van der Waals surface area contributed by atoms with E-state index in [2.05, 4.69) is 58.9 Å². The van der Waals surface area contributed by atoms with Crippen LogP contribution in [0.15, 0.2) is 24.3 Å². The van der Waals surface area contributed by atoms with Crippen LogP contribution in [0.25, 0.3) is 0 Å². The van der Waals surface area contributed by atoms with Gasteiger partial charge in [-0.05, 0) is 57.3 Å². The van der Waals surface area contributed by atoms with E-state index in [4.69, 9.17) is 37.0 Å². The maximum atomic E-state index is 13.1. The molecule has 0 fully saturated rings. The van der Waals surface area contributed by atoms with Gasteiger partial charge in [0.1, 0.15) is 19.3 Å². The Labute approximate surface area is 592 Å². The van der Waals surface area contributed by atoms with Gasteiger partial charge in [0.15, 0.2) is 12.2 Å². The predicted octanol–water partition coefficient (Wildman–Crippen LogP) is 22.8. The minimum atomic E-state index is -4.97. The van der Waals surface area contributed by atoms with Crippen molar-refractivity contribution in [1.29, 1.82) is 0 Å². The van der Waals surface area contributed by atoms with Crippen molar-refractivity contribution in [1.82, 2.24) is 0 Å². The summed E-state index contributed by atoms with van der Waals surface area (Å²) in [5.74, 6) is -1.34. The Bertz CT molecular complexity index is 1950. The maximum Gasteiger partial charge on any atom is 0.472 e. The lowest BCUT2D eigenvalue weighted by molar-refractivity contribution is -0.161. The fourth-order valence-corrected chi connectivity index (χ4v) is 13.1. The number of phosphoric acid groups is 2. The highest BCUT2D eigenvalue weighted by Gasteiger charge is 2.30. The molecular formula is C78H148O17P2. The average Bonchev–Trinajstić information content (AvgIpc) is 2.78. The van der Waals surface area contributed by atoms with Gasteiger partial charge in [-0.25, -0.2) is 9.13 Å². The lowest BCUT2D eigenvalue weighted by Crippen LogP contribution is -2.30. The molecule has 5 atom stereocenters. The second kappa shape index (κ2) is 70.6. The Morgan fingerprint density at radius 3 is 0.845 bits per heavy atom. The molecule has 0 rings (SSSR count). The van der Waals surface area contributed by atoms with E-state index in [9.17, 15) is 43.2 Å². The van der Waals surface area contributed by atoms with Gasteiger partial charge in [0.05, 0.1) is 26.4 Å². The number of unbranched alkanes of at least 4 members (excludes halogenated alkanes) is 45. The Morgan fingerprint density at radius 2 is 0.557 bits per heavy atom. The topological polar surface area (TPSA) is 237 Å². The number of hydrogen-bond donors (Lipinski definition) is 3. The largest absolute Gasteiger partial charge is 0.472 e. The first-order valence-electron chi connectivity index (χ1n) is 40.0. The van der Waals surface area contributed by atoms with Crippen LogP contribution in [0.4, 0.5) is 0 Å². The minimum absolute atomic E-state index is 0.101. The molecule has 572 valence electrons. The molecule has 3 N–H and O–H groups in total. The number of rotatable bonds is 76. The van der Waals surface area contributed by atoms with E-state index in [0.29, 0.717) is 25.7 Å². The first-order chi connectivity index (χ1) is 47.0. The van der Waals surface area contributed by atoms with Crippen molar-refractivity contribution in [3.05, 3.63) is 24.3 Å². The summed E-state index contributed by atoms with van der Waals surface area (Å²) in [6, 6.07) is 0. The van der Waals surface area contributed by atoms with E-state index in [1.165, 1.54) is 193 Å². The zero-order chi connectivity index (χ0) is 71.2. The van der Waals surface area contributed by atoms with Crippen LogP contribution < -0.4 is 0 Å². The summed E-state index contributed by atoms with van der Waals surface area (Å²) in [6.45, 7) is 7.26. The van der Waals surface area contributed by atoms with Crippen LogP contribution >= 0.6 is 15.6 Å². The number of allylic oxidation sites excluding steroid dienone is 4. The van der Waals surface area contributed by atoms with Crippen molar-refractivity contribution in [2.24, 2.45) is 5.92 Å². The van der Waals surface area contributed by atoms with Gasteiger partial charge >= 0.3 is 39.5 Å². The molecule has 0 aromatic heterocycles. The predicted molar refractivity (Wildman–Crippen MR) is 395 cm³/mol. The Kier molecular flexibility index (Phi) is 68.8. The normalized spacial score (nSPS) is 14.1. The molecule has 0 radical (unpaired) electrons. The standard InChI is InChI=1S/C78H148O17P2/c1-6-9-12-15-18-21-23-25-28-33-37-42-47-52-57-62-76(81)89-68-74(95-78(83)64-59-54-49-44-39-35-31-27-30-32-36-41-45-50-55-60-71(4)5)70-93-97(86,87)91-66-72(79)65-90-96(84,85)92-69-73(67-88-75(80)61-56-51-46-40-20-17-14-11-8-3)94-77(82)63-58-53-48-43-38-34-29-26-24-22-19-16-13-10-7-2/h21,23,25,28,71-74,79H,6-20,22,24,26-27,29-70H2,1-5H3,(H,84,85)(H,86,87)/b23-21-,28-25-/t72-,73+,74+/m0/s1. The molecule has 0 saturated heterocycles. The molecule has 17 nitrogen and oxygen atoms in total. The molecule has 0 aromatic rings. The highest BCUT2D eigenvalue weighted by Crippen LogP contribution is 2.45. The molecule has 0 aromatic carbocycles. The molecule has 0 heterocycles.